The molecule has 1 amide bonds. The third-order valence-corrected chi connectivity index (χ3v) is 9.16. The molecule has 3 heterocycles. The molecule has 2 N–H and O–H groups in total. The summed E-state index contributed by atoms with van der Waals surface area (Å²) in [5.74, 6) is 0.449. The monoisotopic (exact) mass is 639 g/mol. The van der Waals surface area contributed by atoms with E-state index in [4.69, 9.17) is 32.7 Å². The zero-order chi connectivity index (χ0) is 30.7. The van der Waals surface area contributed by atoms with Crippen molar-refractivity contribution in [3.05, 3.63) is 75.7 Å². The molecular formula is C31H31Cl2N5O4S. The minimum Gasteiger partial charge on any atom is -0.495 e. The Morgan fingerprint density at radius 1 is 1.02 bits per heavy atom. The molecule has 0 aliphatic carbocycles. The Kier molecular flexibility index (Phi) is 9.41. The van der Waals surface area contributed by atoms with Gasteiger partial charge in [0.25, 0.3) is 0 Å². The van der Waals surface area contributed by atoms with Crippen molar-refractivity contribution in [2.24, 2.45) is 0 Å². The van der Waals surface area contributed by atoms with Crippen molar-refractivity contribution >= 4 is 79.2 Å². The molecule has 0 saturated carbocycles. The number of ether oxygens (including phenoxy) is 2. The number of pyridine rings is 1. The Morgan fingerprint density at radius 3 is 2.35 bits per heavy atom. The number of amides is 1. The number of hydrogen-bond acceptors (Lipinski definition) is 9. The van der Waals surface area contributed by atoms with Gasteiger partial charge in [-0.2, -0.15) is 0 Å². The predicted octanol–water partition coefficient (Wildman–Crippen LogP) is 6.86. The number of rotatable bonds is 10. The van der Waals surface area contributed by atoms with Gasteiger partial charge in [-0.15, -0.1) is 11.3 Å². The average molecular weight is 641 g/mol. The van der Waals surface area contributed by atoms with E-state index in [0.717, 1.165) is 48.5 Å². The van der Waals surface area contributed by atoms with Gasteiger partial charge in [0.05, 0.1) is 50.8 Å². The number of nitrogens with one attached hydrogen (secondary N) is 2. The van der Waals surface area contributed by atoms with E-state index in [0.29, 0.717) is 22.1 Å². The first-order chi connectivity index (χ1) is 20.8. The number of ketones is 1. The number of thiophene rings is 1. The number of methoxy groups -OCH3 is 2. The van der Waals surface area contributed by atoms with Crippen LogP contribution in [-0.4, -0.2) is 68.5 Å². The number of carbonyl (C=O) groups excluding carboxylic acids is 2. The summed E-state index contributed by atoms with van der Waals surface area (Å²) >= 11 is 14.3. The van der Waals surface area contributed by atoms with E-state index in [-0.39, 0.29) is 38.8 Å². The highest BCUT2D eigenvalue weighted by Crippen LogP contribution is 2.42. The first kappa shape index (κ1) is 30.6. The molecule has 2 aromatic heterocycles. The Balaban J connectivity index is 1.43. The maximum atomic E-state index is 13.6. The first-order valence-corrected chi connectivity index (χ1v) is 15.2. The van der Waals surface area contributed by atoms with Crippen LogP contribution in [0.25, 0.3) is 10.1 Å². The molecule has 1 aliphatic heterocycles. The molecule has 224 valence electrons. The number of benzene rings is 2. The lowest BCUT2D eigenvalue weighted by molar-refractivity contribution is -0.111. The van der Waals surface area contributed by atoms with E-state index < -0.39 is 0 Å². The van der Waals surface area contributed by atoms with Crippen molar-refractivity contribution in [1.29, 1.82) is 0 Å². The Morgan fingerprint density at radius 2 is 1.72 bits per heavy atom. The Bertz CT molecular complexity index is 1670. The SMILES string of the molecule is C=CC(=O)Nc1cc(N2CCN(CC)CC2)ccc1Nc1cc2cc(C(=O)c3c(Cl)c(OC)cc(OC)c3Cl)sc2cn1. The van der Waals surface area contributed by atoms with E-state index in [2.05, 4.69) is 38.9 Å². The highest BCUT2D eigenvalue weighted by Gasteiger charge is 2.25. The van der Waals surface area contributed by atoms with Gasteiger partial charge in [0.1, 0.15) is 17.3 Å². The zero-order valence-electron chi connectivity index (χ0n) is 24.0. The van der Waals surface area contributed by atoms with Crippen molar-refractivity contribution in [1.82, 2.24) is 9.88 Å². The molecule has 12 heteroatoms. The van der Waals surface area contributed by atoms with Gasteiger partial charge in [0.2, 0.25) is 11.7 Å². The lowest BCUT2D eigenvalue weighted by Crippen LogP contribution is -2.46. The number of hydrogen-bond donors (Lipinski definition) is 2. The van der Waals surface area contributed by atoms with Gasteiger partial charge in [-0.05, 0) is 48.3 Å². The van der Waals surface area contributed by atoms with Crippen LogP contribution in [0, 0.1) is 0 Å². The third kappa shape index (κ3) is 6.42. The van der Waals surface area contributed by atoms with Crippen LogP contribution >= 0.6 is 34.5 Å². The van der Waals surface area contributed by atoms with Crippen molar-refractivity contribution < 1.29 is 19.1 Å². The molecule has 43 heavy (non-hydrogen) atoms. The number of anilines is 4. The number of halogens is 2. The van der Waals surface area contributed by atoms with Gasteiger partial charge in [0.15, 0.2) is 0 Å². The summed E-state index contributed by atoms with van der Waals surface area (Å²) in [5.41, 5.74) is 2.42. The number of likely N-dealkylation sites (N-methyl/N-ethyl adjacent to an activating group) is 1. The van der Waals surface area contributed by atoms with Gasteiger partial charge in [-0.3, -0.25) is 9.59 Å². The summed E-state index contributed by atoms with van der Waals surface area (Å²) in [6, 6.07) is 11.1. The molecule has 2 aromatic carbocycles. The van der Waals surface area contributed by atoms with E-state index in [1.165, 1.54) is 31.6 Å². The smallest absolute Gasteiger partial charge is 0.247 e. The number of aromatic nitrogens is 1. The van der Waals surface area contributed by atoms with Gasteiger partial charge in [-0.25, -0.2) is 4.98 Å². The van der Waals surface area contributed by atoms with Crippen LogP contribution in [0.1, 0.15) is 22.2 Å². The highest BCUT2D eigenvalue weighted by molar-refractivity contribution is 7.21. The van der Waals surface area contributed by atoms with Gasteiger partial charge in [0, 0.05) is 44.1 Å². The molecule has 4 aromatic rings. The molecule has 5 rings (SSSR count). The number of nitrogens with zero attached hydrogens (tertiary/aromatic N) is 3. The summed E-state index contributed by atoms with van der Waals surface area (Å²) in [7, 11) is 2.91. The summed E-state index contributed by atoms with van der Waals surface area (Å²) in [6.07, 6.45) is 2.93. The van der Waals surface area contributed by atoms with Crippen molar-refractivity contribution in [3.63, 3.8) is 0 Å². The van der Waals surface area contributed by atoms with Gasteiger partial charge >= 0.3 is 0 Å². The summed E-state index contributed by atoms with van der Waals surface area (Å²) in [5, 5.41) is 7.25. The van der Waals surface area contributed by atoms with Gasteiger partial charge < -0.3 is 29.9 Å². The van der Waals surface area contributed by atoms with E-state index in [9.17, 15) is 9.59 Å². The topological polar surface area (TPSA) is 96.0 Å². The second-order valence-electron chi connectivity index (χ2n) is 9.80. The highest BCUT2D eigenvalue weighted by atomic mass is 35.5. The fourth-order valence-electron chi connectivity index (χ4n) is 4.92. The average Bonchev–Trinajstić information content (AvgIpc) is 3.45. The molecule has 9 nitrogen and oxygen atoms in total. The minimum atomic E-state index is -0.354. The summed E-state index contributed by atoms with van der Waals surface area (Å²) in [4.78, 5) is 35.6. The standard InChI is InChI=1S/C31H31Cl2N5O4S/c1-5-27(39)36-21-15-19(38-11-9-37(6-2)10-12-38)7-8-20(21)35-26-14-18-13-24(43-25(18)17-34-26)31(40)28-29(32)22(41-3)16-23(42-4)30(28)33/h5,7-8,13-17H,1,6,9-12H2,2-4H3,(H,34,35)(H,36,39). The maximum Gasteiger partial charge on any atom is 0.247 e. The molecule has 0 bridgehead atoms. The molecule has 0 radical (unpaired) electrons. The van der Waals surface area contributed by atoms with E-state index in [1.807, 2.05) is 24.3 Å². The molecule has 1 aliphatic rings. The van der Waals surface area contributed by atoms with Crippen LogP contribution in [0.5, 0.6) is 11.5 Å². The molecule has 0 atom stereocenters. The van der Waals surface area contributed by atoms with Crippen molar-refractivity contribution in [3.8, 4) is 11.5 Å². The van der Waals surface area contributed by atoms with E-state index >= 15 is 0 Å². The molecule has 1 fully saturated rings. The first-order valence-electron chi connectivity index (χ1n) is 13.6. The normalized spacial score (nSPS) is 13.6. The number of fused-ring (bicyclic) bond motifs is 1. The molecule has 0 unspecified atom stereocenters. The maximum absolute atomic E-state index is 13.6. The van der Waals surface area contributed by atoms with E-state index in [1.54, 1.807) is 18.3 Å². The second-order valence-corrected chi connectivity index (χ2v) is 11.6. The van der Waals surface area contributed by atoms with Crippen LogP contribution in [-0.2, 0) is 4.79 Å². The lowest BCUT2D eigenvalue weighted by atomic mass is 10.1. The van der Waals surface area contributed by atoms with Crippen LogP contribution in [0.15, 0.2) is 55.3 Å². The molecule has 0 spiro atoms. The molecular weight excluding hydrogens is 609 g/mol. The van der Waals surface area contributed by atoms with Crippen molar-refractivity contribution in [2.45, 2.75) is 6.92 Å². The van der Waals surface area contributed by atoms with Crippen LogP contribution in [0.3, 0.4) is 0 Å². The second kappa shape index (κ2) is 13.2. The zero-order valence-corrected chi connectivity index (χ0v) is 26.3. The van der Waals surface area contributed by atoms with Crippen molar-refractivity contribution in [2.75, 3.05) is 62.5 Å². The van der Waals surface area contributed by atoms with Crippen LogP contribution < -0.4 is 25.0 Å². The largest absolute Gasteiger partial charge is 0.495 e. The van der Waals surface area contributed by atoms with Gasteiger partial charge in [-0.1, -0.05) is 36.7 Å². The fraction of sp³-hybridized carbons (Fsp3) is 0.258. The molecule has 1 saturated heterocycles. The quantitative estimate of drug-likeness (QED) is 0.143. The minimum absolute atomic E-state index is 0.108. The Labute approximate surface area is 264 Å². The fourth-order valence-corrected chi connectivity index (χ4v) is 6.55. The summed E-state index contributed by atoms with van der Waals surface area (Å²) < 4.78 is 11.4. The lowest BCUT2D eigenvalue weighted by Gasteiger charge is -2.35. The number of piperazine rings is 1. The Hall–Kier alpha value is -3.83. The predicted molar refractivity (Wildman–Crippen MR) is 175 cm³/mol. The van der Waals surface area contributed by atoms with Crippen LogP contribution in [0.4, 0.5) is 22.9 Å². The van der Waals surface area contributed by atoms with Crippen LogP contribution in [0.2, 0.25) is 10.0 Å². The third-order valence-electron chi connectivity index (χ3n) is 7.32. The number of carbonyl (C=O) groups is 2. The summed E-state index contributed by atoms with van der Waals surface area (Å²) in [6.45, 7) is 10.6.